The van der Waals surface area contributed by atoms with E-state index in [0.717, 1.165) is 19.2 Å². The topological polar surface area (TPSA) is 304 Å². The minimum Gasteiger partial charge on any atom is -0.463 e. The summed E-state index contributed by atoms with van der Waals surface area (Å²) in [4.78, 5) is 99.6. The van der Waals surface area contributed by atoms with Crippen LogP contribution in [0.3, 0.4) is 0 Å². The highest BCUT2D eigenvalue weighted by molar-refractivity contribution is 7.74. The molecule has 0 radical (unpaired) electrons. The second-order valence-electron chi connectivity index (χ2n) is 7.19. The molecule has 0 unspecified atom stereocenters. The van der Waals surface area contributed by atoms with Gasteiger partial charge in [-0.05, 0) is 6.92 Å². The Labute approximate surface area is 199 Å². The minimum atomic E-state index is -6.14. The fourth-order valence-electron chi connectivity index (χ4n) is 3.08. The summed E-state index contributed by atoms with van der Waals surface area (Å²) in [5, 5.41) is 19.2. The maximum Gasteiger partial charge on any atom is 0.375 e. The quantitative estimate of drug-likeness (QED) is 0.101. The van der Waals surface area contributed by atoms with Gasteiger partial charge in [0.2, 0.25) is 5.91 Å². The summed E-state index contributed by atoms with van der Waals surface area (Å²) in [7, 11) is -12.3. The molecule has 0 spiro atoms. The van der Waals surface area contributed by atoms with Gasteiger partial charge in [-0.1, -0.05) is 0 Å². The van der Waals surface area contributed by atoms with Crippen LogP contribution in [-0.4, -0.2) is 93.6 Å². The average molecular weight is 560 g/mol. The van der Waals surface area contributed by atoms with Crippen molar-refractivity contribution >= 4 is 33.0 Å². The van der Waals surface area contributed by atoms with Gasteiger partial charge in [-0.25, -0.2) is 9.59 Å². The summed E-state index contributed by atoms with van der Waals surface area (Å²) in [6.45, 7) is -0.683. The predicted molar refractivity (Wildman–Crippen MR) is 112 cm³/mol. The normalized spacial score (nSPS) is 22.6. The molecule has 0 bridgehead atoms. The van der Waals surface area contributed by atoms with E-state index in [1.54, 1.807) is 0 Å². The number of ether oxygens (including phenoxy) is 2. The van der Waals surface area contributed by atoms with E-state index in [0.29, 0.717) is 4.57 Å². The van der Waals surface area contributed by atoms with Crippen LogP contribution in [-0.2, 0) is 33.0 Å². The summed E-state index contributed by atoms with van der Waals surface area (Å²) in [6, 6.07) is 0.888. The number of aromatic nitrogens is 2. The summed E-state index contributed by atoms with van der Waals surface area (Å²) in [5.74, 6) is -5.13. The highest BCUT2D eigenvalue weighted by atomic mass is 31.2. The zero-order valence-corrected chi connectivity index (χ0v) is 19.9. The van der Waals surface area contributed by atoms with Crippen molar-refractivity contribution in [1.82, 2.24) is 20.2 Å². The van der Waals surface area contributed by atoms with E-state index in [-0.39, 0.29) is 0 Å². The van der Waals surface area contributed by atoms with Crippen LogP contribution in [0, 0.1) is 0 Å². The lowest BCUT2D eigenvalue weighted by Crippen LogP contribution is -2.57. The highest BCUT2D eigenvalue weighted by Crippen LogP contribution is 2.67. The number of aromatic amines is 1. The van der Waals surface area contributed by atoms with Crippen molar-refractivity contribution in [3.05, 3.63) is 33.1 Å². The Morgan fingerprint density at radius 1 is 1.14 bits per heavy atom. The van der Waals surface area contributed by atoms with Crippen LogP contribution in [0.1, 0.15) is 13.2 Å². The molecule has 19 nitrogen and oxygen atoms in total. The van der Waals surface area contributed by atoms with E-state index in [2.05, 4.69) is 4.74 Å². The number of amides is 2. The maximum absolute atomic E-state index is 12.4. The van der Waals surface area contributed by atoms with Crippen molar-refractivity contribution < 1.29 is 62.8 Å². The molecule has 4 atom stereocenters. The third-order valence-corrected chi connectivity index (χ3v) is 8.60. The van der Waals surface area contributed by atoms with Gasteiger partial charge in [0.05, 0.1) is 13.2 Å². The van der Waals surface area contributed by atoms with E-state index >= 15 is 0 Å². The van der Waals surface area contributed by atoms with E-state index in [4.69, 9.17) is 4.74 Å². The van der Waals surface area contributed by atoms with Gasteiger partial charge in [0, 0.05) is 12.3 Å². The third-order valence-electron chi connectivity index (χ3n) is 4.76. The van der Waals surface area contributed by atoms with Crippen LogP contribution in [0.4, 0.5) is 0 Å². The molecule has 1 fully saturated rings. The molecule has 1 aromatic rings. The summed E-state index contributed by atoms with van der Waals surface area (Å²) < 4.78 is 33.8. The lowest BCUT2D eigenvalue weighted by molar-refractivity contribution is -0.147. The van der Waals surface area contributed by atoms with Gasteiger partial charge in [0.25, 0.3) is 11.5 Å². The van der Waals surface area contributed by atoms with Crippen molar-refractivity contribution in [3.63, 3.8) is 0 Å². The molecule has 0 aliphatic carbocycles. The number of H-pyrrole nitrogens is 1. The Morgan fingerprint density at radius 3 is 2.22 bits per heavy atom. The molecule has 1 aromatic heterocycles. The number of esters is 1. The molecule has 202 valence electrons. The molecule has 2 rings (SSSR count). The Bertz CT molecular complexity index is 1210. The molecule has 1 aliphatic rings. The number of rotatable bonds is 9. The second kappa shape index (κ2) is 10.7. The Hall–Kier alpha value is -2.73. The molecule has 1 aliphatic heterocycles. The van der Waals surface area contributed by atoms with Gasteiger partial charge in [0.15, 0.2) is 12.3 Å². The van der Waals surface area contributed by atoms with Crippen LogP contribution in [0.15, 0.2) is 21.9 Å². The number of nitrogens with one attached hydrogen (secondary N) is 3. The van der Waals surface area contributed by atoms with Crippen molar-refractivity contribution in [1.29, 1.82) is 0 Å². The lowest BCUT2D eigenvalue weighted by Gasteiger charge is -2.32. The average Bonchev–Trinajstić information content (AvgIpc) is 3.03. The smallest absolute Gasteiger partial charge is 0.375 e. The van der Waals surface area contributed by atoms with Crippen LogP contribution in [0.5, 0.6) is 0 Å². The lowest BCUT2D eigenvalue weighted by atomic mass is 10.1. The first-order valence-corrected chi connectivity index (χ1v) is 12.9. The van der Waals surface area contributed by atoms with Gasteiger partial charge in [-0.3, -0.25) is 33.1 Å². The fraction of sp³-hybridized carbons (Fsp3) is 0.533. The molecular weight excluding hydrogens is 538 g/mol. The zero-order valence-electron chi connectivity index (χ0n) is 18.1. The number of carbonyl (C=O) groups excluding carboxylic acids is 3. The molecule has 2 heterocycles. The van der Waals surface area contributed by atoms with Gasteiger partial charge >= 0.3 is 31.9 Å². The van der Waals surface area contributed by atoms with Crippen molar-refractivity contribution in [2.24, 2.45) is 0 Å². The molecule has 36 heavy (non-hydrogen) atoms. The number of hydrogen-bond donors (Lipinski definition) is 9. The number of hydrogen-bond acceptors (Lipinski definition) is 11. The molecule has 1 saturated heterocycles. The van der Waals surface area contributed by atoms with Gasteiger partial charge in [0.1, 0.15) is 12.2 Å². The van der Waals surface area contributed by atoms with E-state index in [1.807, 2.05) is 10.3 Å². The molecule has 0 aromatic carbocycles. The second-order valence-corrected chi connectivity index (χ2v) is 11.1. The van der Waals surface area contributed by atoms with Crippen molar-refractivity contribution in [2.45, 2.75) is 36.5 Å². The van der Waals surface area contributed by atoms with Crippen LogP contribution >= 0.6 is 15.2 Å². The van der Waals surface area contributed by atoms with Crippen LogP contribution in [0.25, 0.3) is 0 Å². The van der Waals surface area contributed by atoms with E-state index < -0.39 is 86.9 Å². The van der Waals surface area contributed by atoms with Crippen LogP contribution < -0.4 is 21.9 Å². The molecule has 21 heteroatoms. The first-order valence-electron chi connectivity index (χ1n) is 9.68. The number of aliphatic hydroxyl groups excluding tert-OH is 2. The number of aliphatic hydroxyl groups is 2. The minimum absolute atomic E-state index is 0.577. The molecule has 2 amide bonds. The summed E-state index contributed by atoms with van der Waals surface area (Å²) in [6.07, 6.45) is -6.52. The third kappa shape index (κ3) is 5.64. The predicted octanol–water partition coefficient (Wildman–Crippen LogP) is -5.04. The monoisotopic (exact) mass is 560 g/mol. The van der Waals surface area contributed by atoms with Crippen LogP contribution in [0.2, 0.25) is 0 Å². The largest absolute Gasteiger partial charge is 0.463 e. The number of carbonyl (C=O) groups is 3. The first-order chi connectivity index (χ1) is 16.5. The molecular formula is C15H22N4O15P2. The van der Waals surface area contributed by atoms with E-state index in [1.165, 1.54) is 5.32 Å². The Morgan fingerprint density at radius 2 is 1.72 bits per heavy atom. The maximum atomic E-state index is 12.4. The molecule has 0 saturated carbocycles. The first kappa shape index (κ1) is 29.5. The Kier molecular flexibility index (Phi) is 8.78. The highest BCUT2D eigenvalue weighted by Gasteiger charge is 2.69. The van der Waals surface area contributed by atoms with Gasteiger partial charge < -0.3 is 49.9 Å². The zero-order chi connectivity index (χ0) is 27.6. The standard InChI is InChI=1S/C15H22N4O15P2/c1-2-33-13(25)15(35(27,28)29,36(30,31)32)18-7(21)5-16-11(24)10-8(22)9(23)12(34-10)19-4-3-6(20)17-14(19)26/h3-4,8-10,12,22-23H,2,5H2,1H3,(H,16,24)(H,18,21)(H,17,20,26)(H2,27,28,29)(H2,30,31,32)/t8-,9+,10+,12-/m1/s1. The molecule has 9 N–H and O–H groups in total. The van der Waals surface area contributed by atoms with Gasteiger partial charge in [-0.15, -0.1) is 0 Å². The Balaban J connectivity index is 2.19. The SMILES string of the molecule is CCOC(=O)C(NC(=O)CNC(=O)[C@H]1O[C@@H](n2ccc(=O)[nH]c2=O)[C@@H](O)[C@H]1O)(P(=O)(O)O)P(=O)(O)O. The van der Waals surface area contributed by atoms with Gasteiger partial charge in [-0.2, -0.15) is 0 Å². The van der Waals surface area contributed by atoms with Crippen molar-refractivity contribution in [2.75, 3.05) is 13.2 Å². The van der Waals surface area contributed by atoms with Crippen molar-refractivity contribution in [3.8, 4) is 0 Å². The summed E-state index contributed by atoms with van der Waals surface area (Å²) in [5.41, 5.74) is -1.83. The fourth-order valence-corrected chi connectivity index (χ4v) is 5.58. The summed E-state index contributed by atoms with van der Waals surface area (Å²) >= 11 is 0. The number of nitrogens with zero attached hydrogens (tertiary/aromatic N) is 1. The van der Waals surface area contributed by atoms with E-state index in [9.17, 15) is 62.9 Å².